The number of carbonyl (C=O) groups is 1. The van der Waals surface area contributed by atoms with Crippen molar-refractivity contribution in [2.24, 2.45) is 0 Å². The number of rotatable bonds is 1. The molecule has 0 saturated carbocycles. The molecule has 0 saturated heterocycles. The van der Waals surface area contributed by atoms with Crippen LogP contribution < -0.4 is 0 Å². The first-order valence-corrected chi connectivity index (χ1v) is 4.24. The molecule has 0 spiro atoms. The third-order valence-electron chi connectivity index (χ3n) is 2.15. The Labute approximate surface area is 84.4 Å². The molecule has 0 heterocycles. The Bertz CT molecular complexity index is 549. The van der Waals surface area contributed by atoms with Crippen molar-refractivity contribution in [3.8, 4) is 5.75 Å². The molecule has 0 aliphatic heterocycles. The zero-order chi connectivity index (χ0) is 11.0. The molecular formula is C11H7FO3. The van der Waals surface area contributed by atoms with Crippen molar-refractivity contribution in [2.45, 2.75) is 0 Å². The number of carboxylic acids is 1. The van der Waals surface area contributed by atoms with E-state index in [0.29, 0.717) is 5.39 Å². The molecule has 0 bridgehead atoms. The molecule has 76 valence electrons. The van der Waals surface area contributed by atoms with Gasteiger partial charge in [-0.3, -0.25) is 0 Å². The first-order chi connectivity index (χ1) is 7.09. The Balaban J connectivity index is 2.84. The summed E-state index contributed by atoms with van der Waals surface area (Å²) in [5, 5.41) is 18.5. The summed E-state index contributed by atoms with van der Waals surface area (Å²) in [5.41, 5.74) is -0.134. The van der Waals surface area contributed by atoms with Crippen molar-refractivity contribution in [3.05, 3.63) is 41.7 Å². The van der Waals surface area contributed by atoms with Crippen molar-refractivity contribution in [1.29, 1.82) is 0 Å². The number of halogens is 1. The fourth-order valence-corrected chi connectivity index (χ4v) is 1.48. The van der Waals surface area contributed by atoms with Gasteiger partial charge in [-0.2, -0.15) is 0 Å². The largest absolute Gasteiger partial charge is 0.507 e. The van der Waals surface area contributed by atoms with Crippen molar-refractivity contribution in [1.82, 2.24) is 0 Å². The molecule has 0 atom stereocenters. The minimum absolute atomic E-state index is 0.0440. The highest BCUT2D eigenvalue weighted by atomic mass is 19.1. The highest BCUT2D eigenvalue weighted by Gasteiger charge is 2.11. The molecule has 2 aromatic rings. The number of benzene rings is 2. The van der Waals surface area contributed by atoms with Crippen LogP contribution in [-0.2, 0) is 0 Å². The lowest BCUT2D eigenvalue weighted by Gasteiger charge is -2.03. The third kappa shape index (κ3) is 1.50. The standard InChI is InChI=1S/C11H7FO3/c12-8-5-7(11(14)15)4-6-2-1-3-9(13)10(6)8/h1-5,13H,(H,14,15). The van der Waals surface area contributed by atoms with Gasteiger partial charge in [-0.1, -0.05) is 12.1 Å². The lowest BCUT2D eigenvalue weighted by Crippen LogP contribution is -1.97. The van der Waals surface area contributed by atoms with Gasteiger partial charge in [0.2, 0.25) is 0 Å². The Hall–Kier alpha value is -2.10. The lowest BCUT2D eigenvalue weighted by atomic mass is 10.1. The Morgan fingerprint density at radius 1 is 1.27 bits per heavy atom. The summed E-state index contributed by atoms with van der Waals surface area (Å²) < 4.78 is 13.4. The second-order valence-electron chi connectivity index (χ2n) is 3.14. The topological polar surface area (TPSA) is 57.5 Å². The summed E-state index contributed by atoms with van der Waals surface area (Å²) in [4.78, 5) is 10.7. The van der Waals surface area contributed by atoms with E-state index in [1.165, 1.54) is 18.2 Å². The normalized spacial score (nSPS) is 10.5. The minimum Gasteiger partial charge on any atom is -0.507 e. The van der Waals surface area contributed by atoms with Gasteiger partial charge in [-0.05, 0) is 23.6 Å². The maximum absolute atomic E-state index is 13.4. The first kappa shape index (κ1) is 9.45. The highest BCUT2D eigenvalue weighted by molar-refractivity contribution is 5.96. The molecule has 15 heavy (non-hydrogen) atoms. The van der Waals surface area contributed by atoms with E-state index in [1.54, 1.807) is 6.07 Å². The number of aromatic carboxylic acids is 1. The van der Waals surface area contributed by atoms with Gasteiger partial charge in [-0.25, -0.2) is 9.18 Å². The van der Waals surface area contributed by atoms with Gasteiger partial charge in [0, 0.05) is 0 Å². The molecule has 0 radical (unpaired) electrons. The van der Waals surface area contributed by atoms with Gasteiger partial charge in [0.15, 0.2) is 0 Å². The Morgan fingerprint density at radius 2 is 2.00 bits per heavy atom. The summed E-state index contributed by atoms with van der Waals surface area (Å²) in [6.45, 7) is 0. The van der Waals surface area contributed by atoms with Crippen LogP contribution in [0.15, 0.2) is 30.3 Å². The van der Waals surface area contributed by atoms with Crippen LogP contribution in [0.25, 0.3) is 10.8 Å². The number of aromatic hydroxyl groups is 1. The van der Waals surface area contributed by atoms with Crippen molar-refractivity contribution in [3.63, 3.8) is 0 Å². The van der Waals surface area contributed by atoms with Gasteiger partial charge < -0.3 is 10.2 Å². The van der Waals surface area contributed by atoms with Gasteiger partial charge in [0.1, 0.15) is 11.6 Å². The van der Waals surface area contributed by atoms with Crippen molar-refractivity contribution >= 4 is 16.7 Å². The van der Waals surface area contributed by atoms with Crippen molar-refractivity contribution < 1.29 is 19.4 Å². The second kappa shape index (κ2) is 3.24. The van der Waals surface area contributed by atoms with Crippen LogP contribution in [0.5, 0.6) is 5.75 Å². The zero-order valence-electron chi connectivity index (χ0n) is 7.57. The molecule has 0 unspecified atom stereocenters. The molecule has 0 fully saturated rings. The fraction of sp³-hybridized carbons (Fsp3) is 0. The summed E-state index contributed by atoms with van der Waals surface area (Å²) in [6.07, 6.45) is 0. The maximum atomic E-state index is 13.4. The molecule has 2 N–H and O–H groups in total. The van der Waals surface area contributed by atoms with Crippen LogP contribution in [0.4, 0.5) is 4.39 Å². The minimum atomic E-state index is -1.20. The molecule has 2 rings (SSSR count). The van der Waals surface area contributed by atoms with Gasteiger partial charge >= 0.3 is 5.97 Å². The molecule has 3 nitrogen and oxygen atoms in total. The molecule has 2 aromatic carbocycles. The van der Waals surface area contributed by atoms with Crippen LogP contribution in [-0.4, -0.2) is 16.2 Å². The summed E-state index contributed by atoms with van der Waals surface area (Å²) in [7, 11) is 0. The van der Waals surface area contributed by atoms with E-state index in [0.717, 1.165) is 6.07 Å². The van der Waals surface area contributed by atoms with E-state index in [9.17, 15) is 14.3 Å². The van der Waals surface area contributed by atoms with Crippen LogP contribution in [0, 0.1) is 5.82 Å². The number of hydrogen-bond acceptors (Lipinski definition) is 2. The monoisotopic (exact) mass is 206 g/mol. The van der Waals surface area contributed by atoms with E-state index in [1.807, 2.05) is 0 Å². The number of phenols is 1. The molecular weight excluding hydrogens is 199 g/mol. The SMILES string of the molecule is O=C(O)c1cc(F)c2c(O)cccc2c1. The van der Waals surface area contributed by atoms with Gasteiger partial charge in [0.25, 0.3) is 0 Å². The van der Waals surface area contributed by atoms with E-state index in [-0.39, 0.29) is 16.7 Å². The maximum Gasteiger partial charge on any atom is 0.335 e. The van der Waals surface area contributed by atoms with Crippen LogP contribution in [0.3, 0.4) is 0 Å². The molecule has 0 amide bonds. The fourth-order valence-electron chi connectivity index (χ4n) is 1.48. The lowest BCUT2D eigenvalue weighted by molar-refractivity contribution is 0.0696. The molecule has 0 aliphatic rings. The Morgan fingerprint density at radius 3 is 2.67 bits per heavy atom. The van der Waals surface area contributed by atoms with E-state index < -0.39 is 11.8 Å². The smallest absolute Gasteiger partial charge is 0.335 e. The summed E-state index contributed by atoms with van der Waals surface area (Å²) in [5.74, 6) is -2.12. The van der Waals surface area contributed by atoms with E-state index in [2.05, 4.69) is 0 Å². The van der Waals surface area contributed by atoms with Crippen LogP contribution >= 0.6 is 0 Å². The van der Waals surface area contributed by atoms with Crippen LogP contribution in [0.1, 0.15) is 10.4 Å². The Kier molecular flexibility index (Phi) is 2.04. The first-order valence-electron chi connectivity index (χ1n) is 4.24. The van der Waals surface area contributed by atoms with E-state index in [4.69, 9.17) is 5.11 Å². The average Bonchev–Trinajstić information content (AvgIpc) is 2.17. The number of phenolic OH excluding ortho intramolecular Hbond substituents is 1. The summed E-state index contributed by atoms with van der Waals surface area (Å²) in [6, 6.07) is 6.64. The number of fused-ring (bicyclic) bond motifs is 1. The molecule has 0 aromatic heterocycles. The van der Waals surface area contributed by atoms with Crippen molar-refractivity contribution in [2.75, 3.05) is 0 Å². The number of hydrogen-bond donors (Lipinski definition) is 2. The quantitative estimate of drug-likeness (QED) is 0.753. The molecule has 0 aliphatic carbocycles. The second-order valence-corrected chi connectivity index (χ2v) is 3.14. The predicted octanol–water partition coefficient (Wildman–Crippen LogP) is 2.38. The summed E-state index contributed by atoms with van der Waals surface area (Å²) >= 11 is 0. The molecule has 4 heteroatoms. The average molecular weight is 206 g/mol. The van der Waals surface area contributed by atoms with Crippen LogP contribution in [0.2, 0.25) is 0 Å². The third-order valence-corrected chi connectivity index (χ3v) is 2.15. The predicted molar refractivity (Wildman–Crippen MR) is 52.5 cm³/mol. The highest BCUT2D eigenvalue weighted by Crippen LogP contribution is 2.28. The zero-order valence-corrected chi connectivity index (χ0v) is 7.57. The number of carboxylic acid groups (broad SMARTS) is 1. The van der Waals surface area contributed by atoms with Gasteiger partial charge in [-0.15, -0.1) is 0 Å². The van der Waals surface area contributed by atoms with E-state index >= 15 is 0 Å². The van der Waals surface area contributed by atoms with Gasteiger partial charge in [0.05, 0.1) is 10.9 Å².